The minimum atomic E-state index is -4.52. The van der Waals surface area contributed by atoms with Crippen molar-refractivity contribution in [1.82, 2.24) is 19.9 Å². The zero-order valence-corrected chi connectivity index (χ0v) is 22.1. The van der Waals surface area contributed by atoms with Crippen LogP contribution in [0.2, 0.25) is 0 Å². The van der Waals surface area contributed by atoms with Gasteiger partial charge in [0.2, 0.25) is 11.8 Å². The number of hydrogen-bond acceptors (Lipinski definition) is 7. The monoisotopic (exact) mass is 548 g/mol. The Morgan fingerprint density at radius 1 is 1.07 bits per heavy atom. The van der Waals surface area contributed by atoms with Crippen LogP contribution in [0, 0.1) is 6.57 Å². The average molecular weight is 549 g/mol. The van der Waals surface area contributed by atoms with Gasteiger partial charge in [0.1, 0.15) is 5.69 Å². The van der Waals surface area contributed by atoms with E-state index in [9.17, 15) is 18.0 Å². The van der Waals surface area contributed by atoms with Gasteiger partial charge in [-0.05, 0) is 47.4 Å². The molecule has 1 saturated heterocycles. The van der Waals surface area contributed by atoms with Crippen molar-refractivity contribution in [3.05, 3.63) is 76.9 Å². The van der Waals surface area contributed by atoms with Gasteiger partial charge in [-0.15, -0.1) is 0 Å². The quantitative estimate of drug-likeness (QED) is 0.266. The molecule has 0 bridgehead atoms. The van der Waals surface area contributed by atoms with Crippen LogP contribution >= 0.6 is 0 Å². The fourth-order valence-corrected chi connectivity index (χ4v) is 4.72. The minimum absolute atomic E-state index is 0.0478. The molecule has 0 amide bonds. The Morgan fingerprint density at radius 2 is 1.80 bits per heavy atom. The lowest BCUT2D eigenvalue weighted by molar-refractivity contribution is -0.141. The largest absolute Gasteiger partial charge is 0.436 e. The zero-order chi connectivity index (χ0) is 28.4. The lowest BCUT2D eigenvalue weighted by Crippen LogP contribution is -2.48. The number of anilines is 1. The zero-order valence-electron chi connectivity index (χ0n) is 22.1. The number of aromatic nitrogens is 3. The normalized spacial score (nSPS) is 14.6. The summed E-state index contributed by atoms with van der Waals surface area (Å²) in [7, 11) is 0. The van der Waals surface area contributed by atoms with Gasteiger partial charge in [0.15, 0.2) is 17.1 Å². The Balaban J connectivity index is 1.18. The van der Waals surface area contributed by atoms with Gasteiger partial charge >= 0.3 is 6.18 Å². The van der Waals surface area contributed by atoms with Gasteiger partial charge in [-0.3, -0.25) is 9.69 Å². The van der Waals surface area contributed by atoms with E-state index >= 15 is 0 Å². The molecular formula is C29H27F3N6O2. The number of alkyl halides is 3. The summed E-state index contributed by atoms with van der Waals surface area (Å²) in [6.07, 6.45) is -3.14. The molecule has 0 radical (unpaired) electrons. The highest BCUT2D eigenvalue weighted by Gasteiger charge is 2.33. The molecular weight excluding hydrogens is 521 g/mol. The number of fused-ring (bicyclic) bond motifs is 1. The van der Waals surface area contributed by atoms with Gasteiger partial charge in [0.05, 0.1) is 18.6 Å². The Hall–Kier alpha value is -4.30. The molecule has 3 heterocycles. The molecule has 5 rings (SSSR count). The third-order valence-corrected chi connectivity index (χ3v) is 6.85. The lowest BCUT2D eigenvalue weighted by Gasteiger charge is -2.34. The molecule has 0 unspecified atom stereocenters. The van der Waals surface area contributed by atoms with E-state index in [0.29, 0.717) is 48.9 Å². The van der Waals surface area contributed by atoms with Gasteiger partial charge in [0, 0.05) is 44.4 Å². The van der Waals surface area contributed by atoms with Crippen LogP contribution in [-0.4, -0.2) is 58.4 Å². The second-order valence-corrected chi connectivity index (χ2v) is 10.1. The number of Topliss-reactive ketones (excluding diaryl/α,β-unsaturated/α-hetero) is 1. The van der Waals surface area contributed by atoms with Crippen molar-refractivity contribution in [2.75, 3.05) is 37.6 Å². The van der Waals surface area contributed by atoms with Crippen molar-refractivity contribution in [1.29, 1.82) is 0 Å². The second-order valence-electron chi connectivity index (χ2n) is 10.1. The molecule has 0 N–H and O–H groups in total. The van der Waals surface area contributed by atoms with E-state index in [1.54, 1.807) is 11.0 Å². The van der Waals surface area contributed by atoms with Crippen molar-refractivity contribution in [3.63, 3.8) is 0 Å². The van der Waals surface area contributed by atoms with Crippen LogP contribution in [0.15, 0.2) is 53.1 Å². The van der Waals surface area contributed by atoms with Crippen molar-refractivity contribution in [3.8, 4) is 11.5 Å². The summed E-state index contributed by atoms with van der Waals surface area (Å²) >= 11 is 0. The lowest BCUT2D eigenvalue weighted by atomic mass is 10.0. The molecule has 4 aromatic rings. The van der Waals surface area contributed by atoms with Crippen LogP contribution in [0.25, 0.3) is 27.4 Å². The maximum Gasteiger partial charge on any atom is 0.433 e. The molecule has 1 aliphatic heterocycles. The highest BCUT2D eigenvalue weighted by Crippen LogP contribution is 2.34. The number of halogens is 3. The maximum absolute atomic E-state index is 13.0. The van der Waals surface area contributed by atoms with Gasteiger partial charge < -0.3 is 9.32 Å². The molecule has 0 spiro atoms. The van der Waals surface area contributed by atoms with Crippen molar-refractivity contribution in [2.24, 2.45) is 0 Å². The number of ketones is 1. The maximum atomic E-state index is 13.0. The third-order valence-electron chi connectivity index (χ3n) is 6.85. The van der Waals surface area contributed by atoms with E-state index in [0.717, 1.165) is 29.0 Å². The van der Waals surface area contributed by atoms with Gasteiger partial charge in [-0.2, -0.15) is 13.2 Å². The van der Waals surface area contributed by atoms with Crippen molar-refractivity contribution >= 4 is 28.5 Å². The molecule has 1 fully saturated rings. The first-order valence-corrected chi connectivity index (χ1v) is 12.9. The fourth-order valence-electron chi connectivity index (χ4n) is 4.72. The molecule has 206 valence electrons. The van der Waals surface area contributed by atoms with Crippen LogP contribution in [0.5, 0.6) is 0 Å². The standard InChI is InChI=1S/C29H27F3N6O2/c1-18(2)23-15-21(33-3)16-24-26(23)40-27(35-24)20-6-4-19(5-7-20)14-22(39)17-37-10-12-38(13-11-37)28-34-9-8-25(36-28)29(30,31)32/h4-9,15-16,18H,10-14,17H2,1-2H3. The first-order valence-electron chi connectivity index (χ1n) is 12.9. The Bertz CT molecular complexity index is 1570. The number of carbonyl (C=O) groups excluding carboxylic acids is 1. The molecule has 0 atom stereocenters. The average Bonchev–Trinajstić information content (AvgIpc) is 3.37. The predicted octanol–water partition coefficient (Wildman–Crippen LogP) is 5.91. The predicted molar refractivity (Wildman–Crippen MR) is 144 cm³/mol. The summed E-state index contributed by atoms with van der Waals surface area (Å²) in [5, 5.41) is 0. The summed E-state index contributed by atoms with van der Waals surface area (Å²) in [6, 6.07) is 11.9. The minimum Gasteiger partial charge on any atom is -0.436 e. The SMILES string of the molecule is [C-]#[N+]c1cc(C(C)C)c2oc(-c3ccc(CC(=O)CN4CCN(c5nccc(C(F)(F)F)n5)CC4)cc3)nc2c1. The third kappa shape index (κ3) is 5.97. The first kappa shape index (κ1) is 27.3. The summed E-state index contributed by atoms with van der Waals surface area (Å²) in [5.74, 6) is 0.730. The van der Waals surface area contributed by atoms with Gasteiger partial charge in [-0.25, -0.2) is 19.8 Å². The Labute approximate surface area is 229 Å². The van der Waals surface area contributed by atoms with Gasteiger partial charge in [0.25, 0.3) is 0 Å². The van der Waals surface area contributed by atoms with Crippen LogP contribution in [0.3, 0.4) is 0 Å². The van der Waals surface area contributed by atoms with Crippen LogP contribution in [-0.2, 0) is 17.4 Å². The topological polar surface area (TPSA) is 79.7 Å². The van der Waals surface area contributed by atoms with E-state index in [-0.39, 0.29) is 30.6 Å². The number of hydrogen-bond donors (Lipinski definition) is 0. The van der Waals surface area contributed by atoms with Crippen LogP contribution < -0.4 is 4.90 Å². The molecule has 1 aliphatic rings. The molecule has 0 aliphatic carbocycles. The number of carbonyl (C=O) groups is 1. The van der Waals surface area contributed by atoms with Crippen LogP contribution in [0.4, 0.5) is 24.8 Å². The summed E-state index contributed by atoms with van der Waals surface area (Å²) in [4.78, 5) is 32.2. The van der Waals surface area contributed by atoms with Crippen molar-refractivity contribution in [2.45, 2.75) is 32.4 Å². The molecule has 8 nitrogen and oxygen atoms in total. The summed E-state index contributed by atoms with van der Waals surface area (Å²) < 4.78 is 45.0. The van der Waals surface area contributed by atoms with E-state index in [2.05, 4.69) is 19.8 Å². The molecule has 0 saturated carbocycles. The Kier molecular flexibility index (Phi) is 7.54. The van der Waals surface area contributed by atoms with E-state index in [1.807, 2.05) is 49.1 Å². The van der Waals surface area contributed by atoms with E-state index in [1.165, 1.54) is 0 Å². The van der Waals surface area contributed by atoms with E-state index < -0.39 is 11.9 Å². The number of piperazine rings is 1. The summed E-state index contributed by atoms with van der Waals surface area (Å²) in [5.41, 5.74) is 3.45. The molecule has 40 heavy (non-hydrogen) atoms. The smallest absolute Gasteiger partial charge is 0.433 e. The number of oxazole rings is 1. The first-order chi connectivity index (χ1) is 19.1. The second kappa shape index (κ2) is 11.1. The Morgan fingerprint density at radius 3 is 2.45 bits per heavy atom. The van der Waals surface area contributed by atoms with E-state index in [4.69, 9.17) is 11.0 Å². The molecule has 2 aromatic heterocycles. The highest BCUT2D eigenvalue weighted by molar-refractivity contribution is 5.85. The molecule has 2 aromatic carbocycles. The highest BCUT2D eigenvalue weighted by atomic mass is 19.4. The fraction of sp³-hybridized carbons (Fsp3) is 0.345. The summed E-state index contributed by atoms with van der Waals surface area (Å²) in [6.45, 7) is 13.6. The van der Waals surface area contributed by atoms with Gasteiger partial charge in [-0.1, -0.05) is 26.0 Å². The number of nitrogens with zero attached hydrogens (tertiary/aromatic N) is 6. The molecule has 11 heteroatoms. The van der Waals surface area contributed by atoms with Crippen LogP contribution in [0.1, 0.15) is 36.6 Å². The number of rotatable bonds is 7. The van der Waals surface area contributed by atoms with Crippen molar-refractivity contribution < 1.29 is 22.4 Å². The number of benzene rings is 2.